The summed E-state index contributed by atoms with van der Waals surface area (Å²) < 4.78 is 0. The van der Waals surface area contributed by atoms with Gasteiger partial charge in [-0.1, -0.05) is 19.8 Å². The molecule has 1 saturated heterocycles. The van der Waals surface area contributed by atoms with Gasteiger partial charge in [-0.15, -0.1) is 0 Å². The van der Waals surface area contributed by atoms with Crippen LogP contribution in [0, 0.1) is 0 Å². The van der Waals surface area contributed by atoms with Gasteiger partial charge in [0.15, 0.2) is 0 Å². The summed E-state index contributed by atoms with van der Waals surface area (Å²) >= 11 is 0. The number of rotatable bonds is 1. The molecule has 1 heteroatoms. The number of hydrogen-bond donors (Lipinski definition) is 0. The zero-order valence-electron chi connectivity index (χ0n) is 7.27. The van der Waals surface area contributed by atoms with Crippen LogP contribution in [0.5, 0.6) is 0 Å². The molecule has 0 amide bonds. The molecule has 0 aromatic heterocycles. The van der Waals surface area contributed by atoms with Crippen LogP contribution in [0.3, 0.4) is 0 Å². The predicted octanol–water partition coefficient (Wildman–Crippen LogP) is 2.27. The van der Waals surface area contributed by atoms with Crippen molar-refractivity contribution in [1.29, 1.82) is 0 Å². The van der Waals surface area contributed by atoms with E-state index in [0.717, 1.165) is 6.04 Å². The van der Waals surface area contributed by atoms with Crippen LogP contribution in [-0.4, -0.2) is 24.0 Å². The second kappa shape index (κ2) is 3.97. The Hall–Kier alpha value is -0.0400. The van der Waals surface area contributed by atoms with E-state index in [1.54, 1.807) is 0 Å². The summed E-state index contributed by atoms with van der Waals surface area (Å²) in [6.45, 7) is 7.19. The van der Waals surface area contributed by atoms with Crippen LogP contribution in [0.1, 0.15) is 39.5 Å². The Morgan fingerprint density at radius 3 is 2.80 bits per heavy atom. The van der Waals surface area contributed by atoms with Gasteiger partial charge in [0.05, 0.1) is 0 Å². The molecule has 0 aromatic rings. The number of nitrogens with zero attached hydrogens (tertiary/aromatic N) is 1. The average Bonchev–Trinajstić information content (AvgIpc) is 2.13. The largest absolute Gasteiger partial charge is 0.301 e. The van der Waals surface area contributed by atoms with Crippen LogP contribution >= 0.6 is 0 Å². The Labute approximate surface area is 64.4 Å². The molecule has 1 aliphatic heterocycles. The first-order chi connectivity index (χ1) is 4.84. The molecule has 1 atom stereocenters. The van der Waals surface area contributed by atoms with E-state index in [0.29, 0.717) is 0 Å². The minimum Gasteiger partial charge on any atom is -0.301 e. The van der Waals surface area contributed by atoms with Gasteiger partial charge in [0, 0.05) is 6.04 Å². The fourth-order valence-electron chi connectivity index (χ4n) is 1.80. The molecular weight excluding hydrogens is 122 g/mol. The highest BCUT2D eigenvalue weighted by Crippen LogP contribution is 2.15. The average molecular weight is 141 g/mol. The first kappa shape index (κ1) is 8.06. The van der Waals surface area contributed by atoms with E-state index in [1.165, 1.54) is 38.8 Å². The first-order valence-electron chi connectivity index (χ1n) is 4.58. The van der Waals surface area contributed by atoms with E-state index < -0.39 is 0 Å². The maximum Gasteiger partial charge on any atom is 0.00668 e. The van der Waals surface area contributed by atoms with Crippen LogP contribution in [0.2, 0.25) is 0 Å². The Kier molecular flexibility index (Phi) is 3.20. The van der Waals surface area contributed by atoms with Crippen LogP contribution in [0.4, 0.5) is 0 Å². The van der Waals surface area contributed by atoms with Crippen molar-refractivity contribution in [3.05, 3.63) is 0 Å². The van der Waals surface area contributed by atoms with Crippen molar-refractivity contribution in [2.45, 2.75) is 45.6 Å². The molecule has 0 saturated carbocycles. The molecule has 0 spiro atoms. The molecular formula is C9H19N. The minimum atomic E-state index is 0.840. The van der Waals surface area contributed by atoms with Crippen molar-refractivity contribution < 1.29 is 0 Å². The third kappa shape index (κ3) is 1.98. The van der Waals surface area contributed by atoms with Crippen LogP contribution in [0.15, 0.2) is 0 Å². The number of hydrogen-bond acceptors (Lipinski definition) is 1. The molecule has 1 unspecified atom stereocenters. The highest BCUT2D eigenvalue weighted by Gasteiger charge is 2.13. The molecule has 0 aromatic carbocycles. The summed E-state index contributed by atoms with van der Waals surface area (Å²) in [6.07, 6.45) is 5.71. The van der Waals surface area contributed by atoms with Gasteiger partial charge in [0.1, 0.15) is 0 Å². The van der Waals surface area contributed by atoms with Gasteiger partial charge in [-0.05, 0) is 32.9 Å². The highest BCUT2D eigenvalue weighted by molar-refractivity contribution is 4.69. The summed E-state index contributed by atoms with van der Waals surface area (Å²) in [5.41, 5.74) is 0. The molecule has 0 N–H and O–H groups in total. The third-order valence-electron chi connectivity index (χ3n) is 2.60. The van der Waals surface area contributed by atoms with Gasteiger partial charge in [-0.3, -0.25) is 0 Å². The van der Waals surface area contributed by atoms with E-state index in [9.17, 15) is 0 Å². The Bertz CT molecular complexity index is 90.7. The maximum absolute atomic E-state index is 2.59. The topological polar surface area (TPSA) is 3.24 Å². The molecule has 0 aliphatic carbocycles. The van der Waals surface area contributed by atoms with E-state index in [1.807, 2.05) is 0 Å². The van der Waals surface area contributed by atoms with Crippen LogP contribution in [-0.2, 0) is 0 Å². The summed E-state index contributed by atoms with van der Waals surface area (Å²) in [6, 6.07) is 0.840. The SMILES string of the molecule is CCN1CCCCCC1C. The molecule has 10 heavy (non-hydrogen) atoms. The summed E-state index contributed by atoms with van der Waals surface area (Å²) in [4.78, 5) is 2.59. The normalized spacial score (nSPS) is 30.0. The van der Waals surface area contributed by atoms with Crippen molar-refractivity contribution in [2.75, 3.05) is 13.1 Å². The molecule has 60 valence electrons. The summed E-state index contributed by atoms with van der Waals surface area (Å²) in [5, 5.41) is 0. The maximum atomic E-state index is 2.59. The smallest absolute Gasteiger partial charge is 0.00668 e. The zero-order valence-corrected chi connectivity index (χ0v) is 7.27. The van der Waals surface area contributed by atoms with Gasteiger partial charge in [0.2, 0.25) is 0 Å². The highest BCUT2D eigenvalue weighted by atomic mass is 15.1. The lowest BCUT2D eigenvalue weighted by Gasteiger charge is -2.24. The van der Waals surface area contributed by atoms with E-state index in [4.69, 9.17) is 0 Å². The van der Waals surface area contributed by atoms with Crippen molar-refractivity contribution in [1.82, 2.24) is 4.90 Å². The van der Waals surface area contributed by atoms with Crippen molar-refractivity contribution in [3.8, 4) is 0 Å². The Morgan fingerprint density at radius 2 is 2.10 bits per heavy atom. The molecule has 1 rings (SSSR count). The van der Waals surface area contributed by atoms with Crippen LogP contribution in [0.25, 0.3) is 0 Å². The molecule has 1 heterocycles. The van der Waals surface area contributed by atoms with Crippen molar-refractivity contribution in [2.24, 2.45) is 0 Å². The van der Waals surface area contributed by atoms with Gasteiger partial charge in [-0.25, -0.2) is 0 Å². The molecule has 1 aliphatic rings. The fourth-order valence-corrected chi connectivity index (χ4v) is 1.80. The van der Waals surface area contributed by atoms with E-state index in [2.05, 4.69) is 18.7 Å². The Balaban J connectivity index is 2.35. The fraction of sp³-hybridized carbons (Fsp3) is 1.00. The van der Waals surface area contributed by atoms with Crippen molar-refractivity contribution >= 4 is 0 Å². The lowest BCUT2D eigenvalue weighted by Crippen LogP contribution is -2.32. The summed E-state index contributed by atoms with van der Waals surface area (Å²) in [5.74, 6) is 0. The quantitative estimate of drug-likeness (QED) is 0.541. The monoisotopic (exact) mass is 141 g/mol. The van der Waals surface area contributed by atoms with Crippen molar-refractivity contribution in [3.63, 3.8) is 0 Å². The predicted molar refractivity (Wildman–Crippen MR) is 45.2 cm³/mol. The van der Waals surface area contributed by atoms with Crippen LogP contribution < -0.4 is 0 Å². The summed E-state index contributed by atoms with van der Waals surface area (Å²) in [7, 11) is 0. The first-order valence-corrected chi connectivity index (χ1v) is 4.58. The molecule has 1 fully saturated rings. The lowest BCUT2D eigenvalue weighted by molar-refractivity contribution is 0.225. The van der Waals surface area contributed by atoms with E-state index >= 15 is 0 Å². The van der Waals surface area contributed by atoms with Gasteiger partial charge in [0.25, 0.3) is 0 Å². The minimum absolute atomic E-state index is 0.840. The second-order valence-electron chi connectivity index (χ2n) is 3.33. The molecule has 1 nitrogen and oxygen atoms in total. The third-order valence-corrected chi connectivity index (χ3v) is 2.60. The standard InChI is InChI=1S/C9H19N/c1-3-10-8-6-4-5-7-9(10)2/h9H,3-8H2,1-2H3. The van der Waals surface area contributed by atoms with Gasteiger partial charge < -0.3 is 4.90 Å². The second-order valence-corrected chi connectivity index (χ2v) is 3.33. The Morgan fingerprint density at radius 1 is 1.30 bits per heavy atom. The van der Waals surface area contributed by atoms with Gasteiger partial charge in [-0.2, -0.15) is 0 Å². The van der Waals surface area contributed by atoms with E-state index in [-0.39, 0.29) is 0 Å². The lowest BCUT2D eigenvalue weighted by atomic mass is 10.1. The number of likely N-dealkylation sites (tertiary alicyclic amines) is 1. The molecule has 0 bridgehead atoms. The molecule has 0 radical (unpaired) electrons. The van der Waals surface area contributed by atoms with Gasteiger partial charge >= 0.3 is 0 Å². The zero-order chi connectivity index (χ0) is 7.40.